The van der Waals surface area contributed by atoms with Crippen LogP contribution in [0.25, 0.3) is 11.5 Å². The summed E-state index contributed by atoms with van der Waals surface area (Å²) in [6.45, 7) is 0. The van der Waals surface area contributed by atoms with Crippen molar-refractivity contribution >= 4 is 0 Å². The number of hydrogen-bond acceptors (Lipinski definition) is 4. The Morgan fingerprint density at radius 1 is 1.33 bits per heavy atom. The summed E-state index contributed by atoms with van der Waals surface area (Å²) in [5, 5.41) is 8.76. The van der Waals surface area contributed by atoms with E-state index in [-0.39, 0.29) is 11.6 Å². The zero-order chi connectivity index (χ0) is 10.7. The van der Waals surface area contributed by atoms with Crippen LogP contribution in [-0.4, -0.2) is 12.1 Å². The van der Waals surface area contributed by atoms with Crippen LogP contribution >= 0.6 is 0 Å². The second kappa shape index (κ2) is 3.84. The molecular formula is C11H8N2O2. The Morgan fingerprint density at radius 2 is 2.07 bits per heavy atom. The molecule has 0 N–H and O–H groups in total. The summed E-state index contributed by atoms with van der Waals surface area (Å²) in [4.78, 5) is 4.02. The molecule has 2 aromatic rings. The number of aromatic nitrogens is 1. The topological polar surface area (TPSA) is 59.1 Å². The van der Waals surface area contributed by atoms with Crippen LogP contribution in [-0.2, 0) is 0 Å². The van der Waals surface area contributed by atoms with Gasteiger partial charge in [0.25, 0.3) is 0 Å². The molecule has 0 radical (unpaired) electrons. The summed E-state index contributed by atoms with van der Waals surface area (Å²) in [6.07, 6.45) is 0. The van der Waals surface area contributed by atoms with E-state index in [1.54, 1.807) is 0 Å². The molecule has 74 valence electrons. The van der Waals surface area contributed by atoms with Gasteiger partial charge in [0.1, 0.15) is 6.07 Å². The quantitative estimate of drug-likeness (QED) is 0.745. The minimum Gasteiger partial charge on any atom is -0.466 e. The molecule has 0 atom stereocenters. The first kappa shape index (κ1) is 9.28. The van der Waals surface area contributed by atoms with Crippen LogP contribution in [0.15, 0.2) is 34.7 Å². The first-order valence-electron chi connectivity index (χ1n) is 4.35. The molecule has 0 aliphatic carbocycles. The Kier molecular flexibility index (Phi) is 2.38. The Morgan fingerprint density at radius 3 is 2.60 bits per heavy atom. The highest BCUT2D eigenvalue weighted by molar-refractivity contribution is 5.54. The van der Waals surface area contributed by atoms with Crippen LogP contribution in [0.3, 0.4) is 0 Å². The van der Waals surface area contributed by atoms with E-state index in [0.29, 0.717) is 5.89 Å². The lowest BCUT2D eigenvalue weighted by Gasteiger charge is -1.93. The van der Waals surface area contributed by atoms with Crippen LogP contribution in [0.4, 0.5) is 0 Å². The molecule has 4 nitrogen and oxygen atoms in total. The zero-order valence-electron chi connectivity index (χ0n) is 8.10. The molecule has 0 aliphatic rings. The molecule has 0 aliphatic heterocycles. The van der Waals surface area contributed by atoms with Crippen LogP contribution < -0.4 is 4.74 Å². The van der Waals surface area contributed by atoms with Gasteiger partial charge in [-0.25, -0.2) is 0 Å². The van der Waals surface area contributed by atoms with E-state index < -0.39 is 0 Å². The third-order valence-electron chi connectivity index (χ3n) is 1.91. The highest BCUT2D eigenvalue weighted by atomic mass is 16.6. The molecule has 1 aromatic heterocycles. The molecule has 1 aromatic carbocycles. The average molecular weight is 200 g/mol. The number of ether oxygens (including phenoxy) is 1. The third kappa shape index (κ3) is 1.67. The maximum Gasteiger partial charge on any atom is 0.324 e. The average Bonchev–Trinajstić information content (AvgIpc) is 2.73. The van der Waals surface area contributed by atoms with E-state index in [0.717, 1.165) is 5.56 Å². The van der Waals surface area contributed by atoms with Crippen molar-refractivity contribution in [2.75, 3.05) is 7.11 Å². The molecule has 0 saturated heterocycles. The molecule has 1 heterocycles. The molecule has 0 saturated carbocycles. The molecular weight excluding hydrogens is 192 g/mol. The van der Waals surface area contributed by atoms with Gasteiger partial charge >= 0.3 is 5.95 Å². The van der Waals surface area contributed by atoms with Crippen molar-refractivity contribution in [3.8, 4) is 23.5 Å². The summed E-state index contributed by atoms with van der Waals surface area (Å²) in [5.41, 5.74) is 0.980. The van der Waals surface area contributed by atoms with E-state index in [1.807, 2.05) is 36.4 Å². The maximum atomic E-state index is 8.76. The lowest BCUT2D eigenvalue weighted by molar-refractivity contribution is 0.308. The maximum absolute atomic E-state index is 8.76. The number of methoxy groups -OCH3 is 1. The summed E-state index contributed by atoms with van der Waals surface area (Å²) in [5.74, 6) is 0.542. The van der Waals surface area contributed by atoms with E-state index in [4.69, 9.17) is 14.4 Å². The fourth-order valence-electron chi connectivity index (χ4n) is 1.22. The second-order valence-corrected chi connectivity index (χ2v) is 2.84. The van der Waals surface area contributed by atoms with Crippen molar-refractivity contribution in [3.63, 3.8) is 0 Å². The van der Waals surface area contributed by atoms with Crippen molar-refractivity contribution in [2.45, 2.75) is 0 Å². The van der Waals surface area contributed by atoms with Crippen molar-refractivity contribution in [2.24, 2.45) is 0 Å². The second-order valence-electron chi connectivity index (χ2n) is 2.84. The lowest BCUT2D eigenvalue weighted by Crippen LogP contribution is -1.82. The largest absolute Gasteiger partial charge is 0.466 e. The Labute approximate surface area is 86.7 Å². The van der Waals surface area contributed by atoms with Crippen LogP contribution in [0.1, 0.15) is 5.69 Å². The van der Waals surface area contributed by atoms with E-state index in [2.05, 4.69) is 4.98 Å². The molecule has 0 spiro atoms. The standard InChI is InChI=1S/C11H8N2O2/c1-14-11-9(7-12)13-10(15-11)8-5-3-2-4-6-8/h2-6H,1H3. The molecule has 4 heteroatoms. The number of benzene rings is 1. The lowest BCUT2D eigenvalue weighted by atomic mass is 10.2. The fraction of sp³-hybridized carbons (Fsp3) is 0.0909. The number of oxazole rings is 1. The Bertz CT molecular complexity index is 497. The van der Waals surface area contributed by atoms with Crippen molar-refractivity contribution < 1.29 is 9.15 Å². The predicted octanol–water partition coefficient (Wildman–Crippen LogP) is 2.22. The van der Waals surface area contributed by atoms with E-state index in [1.165, 1.54) is 7.11 Å². The highest BCUT2D eigenvalue weighted by Gasteiger charge is 2.14. The first-order valence-corrected chi connectivity index (χ1v) is 4.35. The Hall–Kier alpha value is -2.28. The van der Waals surface area contributed by atoms with Gasteiger partial charge in [0, 0.05) is 5.56 Å². The van der Waals surface area contributed by atoms with Gasteiger partial charge in [0.15, 0.2) is 0 Å². The van der Waals surface area contributed by atoms with E-state index >= 15 is 0 Å². The van der Waals surface area contributed by atoms with E-state index in [9.17, 15) is 0 Å². The third-order valence-corrected chi connectivity index (χ3v) is 1.91. The van der Waals surface area contributed by atoms with Gasteiger partial charge in [-0.15, -0.1) is 0 Å². The normalized spacial score (nSPS) is 9.60. The number of rotatable bonds is 2. The van der Waals surface area contributed by atoms with Crippen LogP contribution in [0.5, 0.6) is 5.95 Å². The predicted molar refractivity (Wildman–Crippen MR) is 53.2 cm³/mol. The van der Waals surface area contributed by atoms with Crippen molar-refractivity contribution in [1.29, 1.82) is 5.26 Å². The highest BCUT2D eigenvalue weighted by Crippen LogP contribution is 2.26. The Balaban J connectivity index is 2.48. The van der Waals surface area contributed by atoms with Gasteiger partial charge < -0.3 is 9.15 Å². The monoisotopic (exact) mass is 200 g/mol. The summed E-state index contributed by atoms with van der Waals surface area (Å²) < 4.78 is 10.2. The molecule has 0 unspecified atom stereocenters. The first-order chi connectivity index (χ1) is 7.35. The molecule has 0 bridgehead atoms. The zero-order valence-corrected chi connectivity index (χ0v) is 8.10. The minimum atomic E-state index is 0.149. The number of nitrogens with zero attached hydrogens (tertiary/aromatic N) is 2. The number of nitriles is 1. The summed E-state index contributed by atoms with van der Waals surface area (Å²) >= 11 is 0. The summed E-state index contributed by atoms with van der Waals surface area (Å²) in [6, 6.07) is 11.3. The van der Waals surface area contributed by atoms with Gasteiger partial charge in [-0.3, -0.25) is 0 Å². The fourth-order valence-corrected chi connectivity index (χ4v) is 1.22. The van der Waals surface area contributed by atoms with Gasteiger partial charge in [-0.1, -0.05) is 18.2 Å². The van der Waals surface area contributed by atoms with Crippen molar-refractivity contribution in [1.82, 2.24) is 4.98 Å². The smallest absolute Gasteiger partial charge is 0.324 e. The van der Waals surface area contributed by atoms with Gasteiger partial charge in [0.05, 0.1) is 7.11 Å². The van der Waals surface area contributed by atoms with Gasteiger partial charge in [0.2, 0.25) is 11.6 Å². The molecule has 0 fully saturated rings. The van der Waals surface area contributed by atoms with Crippen LogP contribution in [0.2, 0.25) is 0 Å². The van der Waals surface area contributed by atoms with Crippen molar-refractivity contribution in [3.05, 3.63) is 36.0 Å². The molecule has 0 amide bonds. The van der Waals surface area contributed by atoms with Crippen LogP contribution in [0, 0.1) is 11.3 Å². The molecule has 15 heavy (non-hydrogen) atoms. The minimum absolute atomic E-state index is 0.149. The summed E-state index contributed by atoms with van der Waals surface area (Å²) in [7, 11) is 1.44. The number of hydrogen-bond donors (Lipinski definition) is 0. The SMILES string of the molecule is COc1oc(-c2ccccc2)nc1C#N. The van der Waals surface area contributed by atoms with Gasteiger partial charge in [-0.2, -0.15) is 10.2 Å². The van der Waals surface area contributed by atoms with Gasteiger partial charge in [-0.05, 0) is 12.1 Å². The molecule has 2 rings (SSSR count).